The first-order valence-electron chi connectivity index (χ1n) is 9.97. The number of hydrogen-bond donors (Lipinski definition) is 1. The number of hydrazine groups is 1. The van der Waals surface area contributed by atoms with Crippen LogP contribution in [0.1, 0.15) is 52.7 Å². The number of nitrogens with zero attached hydrogens (tertiary/aromatic N) is 1. The van der Waals surface area contributed by atoms with Gasteiger partial charge in [0.25, 0.3) is 0 Å². The highest BCUT2D eigenvalue weighted by Crippen LogP contribution is 2.31. The molecule has 0 aromatic heterocycles. The van der Waals surface area contributed by atoms with Crippen LogP contribution in [-0.2, 0) is 10.8 Å². The van der Waals surface area contributed by atoms with E-state index in [0.717, 1.165) is 17.1 Å². The van der Waals surface area contributed by atoms with Crippen LogP contribution in [0.5, 0.6) is 0 Å². The fraction of sp³-hybridized carbons (Fsp3) is 0.308. The average Bonchev–Trinajstić information content (AvgIpc) is 2.66. The SMILES string of the molecule is CC(C)(C)c1ccc(N(Nc2ccccc2)c2ccc(C(C)(C)C)cc2)cc1. The first-order chi connectivity index (χ1) is 13.1. The molecule has 146 valence electrons. The van der Waals surface area contributed by atoms with Crippen molar-refractivity contribution in [3.8, 4) is 0 Å². The molecule has 0 radical (unpaired) electrons. The van der Waals surface area contributed by atoms with E-state index in [9.17, 15) is 0 Å². The summed E-state index contributed by atoms with van der Waals surface area (Å²) in [7, 11) is 0. The predicted octanol–water partition coefficient (Wildman–Crippen LogP) is 7.45. The lowest BCUT2D eigenvalue weighted by atomic mass is 9.87. The van der Waals surface area contributed by atoms with E-state index < -0.39 is 0 Å². The molecule has 2 heteroatoms. The van der Waals surface area contributed by atoms with E-state index in [4.69, 9.17) is 0 Å². The highest BCUT2D eigenvalue weighted by Gasteiger charge is 2.17. The van der Waals surface area contributed by atoms with Crippen molar-refractivity contribution in [2.45, 2.75) is 52.4 Å². The lowest BCUT2D eigenvalue weighted by molar-refractivity contribution is 0.590. The van der Waals surface area contributed by atoms with Gasteiger partial charge < -0.3 is 0 Å². The summed E-state index contributed by atoms with van der Waals surface area (Å²) in [6.45, 7) is 13.5. The summed E-state index contributed by atoms with van der Waals surface area (Å²) in [5.74, 6) is 0. The molecule has 0 fully saturated rings. The van der Waals surface area contributed by atoms with E-state index in [1.165, 1.54) is 11.1 Å². The zero-order chi connectivity index (χ0) is 20.4. The molecule has 3 aromatic rings. The third kappa shape index (κ3) is 4.75. The third-order valence-corrected chi connectivity index (χ3v) is 5.00. The van der Waals surface area contributed by atoms with Gasteiger partial charge in [0, 0.05) is 0 Å². The van der Waals surface area contributed by atoms with Crippen molar-refractivity contribution in [2.24, 2.45) is 0 Å². The fourth-order valence-electron chi connectivity index (χ4n) is 3.14. The minimum atomic E-state index is 0.143. The van der Waals surface area contributed by atoms with Crippen LogP contribution < -0.4 is 10.4 Å². The smallest absolute Gasteiger partial charge is 0.0630 e. The van der Waals surface area contributed by atoms with Gasteiger partial charge in [-0.2, -0.15) is 0 Å². The van der Waals surface area contributed by atoms with Crippen LogP contribution in [0.25, 0.3) is 0 Å². The molecule has 0 aliphatic heterocycles. The summed E-state index contributed by atoms with van der Waals surface area (Å²) in [6, 6.07) is 27.9. The highest BCUT2D eigenvalue weighted by molar-refractivity contribution is 5.68. The van der Waals surface area contributed by atoms with Crippen LogP contribution in [0.3, 0.4) is 0 Å². The van der Waals surface area contributed by atoms with E-state index in [-0.39, 0.29) is 10.8 Å². The first-order valence-corrected chi connectivity index (χ1v) is 9.97. The Kier molecular flexibility index (Phi) is 5.51. The molecule has 2 nitrogen and oxygen atoms in total. The van der Waals surface area contributed by atoms with Crippen LogP contribution >= 0.6 is 0 Å². The van der Waals surface area contributed by atoms with Gasteiger partial charge in [0.1, 0.15) is 0 Å². The number of nitrogens with one attached hydrogen (secondary N) is 1. The molecule has 3 aromatic carbocycles. The largest absolute Gasteiger partial charge is 0.294 e. The van der Waals surface area contributed by atoms with Crippen molar-refractivity contribution in [3.05, 3.63) is 90.0 Å². The zero-order valence-corrected chi connectivity index (χ0v) is 18.0. The van der Waals surface area contributed by atoms with Crippen molar-refractivity contribution in [3.63, 3.8) is 0 Å². The molecule has 0 saturated heterocycles. The van der Waals surface area contributed by atoms with Gasteiger partial charge in [-0.3, -0.25) is 10.4 Å². The van der Waals surface area contributed by atoms with Crippen molar-refractivity contribution in [1.29, 1.82) is 0 Å². The van der Waals surface area contributed by atoms with Gasteiger partial charge in [-0.1, -0.05) is 84.0 Å². The summed E-state index contributed by atoms with van der Waals surface area (Å²) in [4.78, 5) is 0. The number of benzene rings is 3. The molecular formula is C26H32N2. The Morgan fingerprint density at radius 1 is 0.536 bits per heavy atom. The maximum atomic E-state index is 3.56. The molecule has 0 unspecified atom stereocenters. The van der Waals surface area contributed by atoms with Crippen LogP contribution in [0.15, 0.2) is 78.9 Å². The highest BCUT2D eigenvalue weighted by atomic mass is 15.5. The summed E-state index contributed by atoms with van der Waals surface area (Å²) in [5.41, 5.74) is 9.79. The van der Waals surface area contributed by atoms with Crippen LogP contribution in [0.4, 0.5) is 17.1 Å². The third-order valence-electron chi connectivity index (χ3n) is 5.00. The minimum Gasteiger partial charge on any atom is -0.294 e. The van der Waals surface area contributed by atoms with Gasteiger partial charge in [-0.05, 0) is 58.4 Å². The zero-order valence-electron chi connectivity index (χ0n) is 18.0. The Labute approximate surface area is 170 Å². The average molecular weight is 373 g/mol. The molecule has 1 N–H and O–H groups in total. The Bertz CT molecular complexity index is 823. The van der Waals surface area contributed by atoms with Gasteiger partial charge in [-0.15, -0.1) is 0 Å². The molecule has 0 bridgehead atoms. The standard InChI is InChI=1S/C26H32N2/c1-25(2,3)20-12-16-23(17-13-20)28(27-22-10-8-7-9-11-22)24-18-14-21(15-19-24)26(4,5)6/h7-19,27H,1-6H3. The summed E-state index contributed by atoms with van der Waals surface area (Å²) < 4.78 is 0. The molecule has 3 rings (SSSR count). The van der Waals surface area contributed by atoms with E-state index >= 15 is 0 Å². The molecule has 0 aliphatic rings. The minimum absolute atomic E-state index is 0.143. The lowest BCUT2D eigenvalue weighted by Crippen LogP contribution is -2.25. The van der Waals surface area contributed by atoms with E-state index in [0.29, 0.717) is 0 Å². The summed E-state index contributed by atoms with van der Waals surface area (Å²) in [5, 5.41) is 2.15. The van der Waals surface area contributed by atoms with Crippen molar-refractivity contribution < 1.29 is 0 Å². The fourth-order valence-corrected chi connectivity index (χ4v) is 3.14. The number of hydrogen-bond acceptors (Lipinski definition) is 2. The van der Waals surface area contributed by atoms with Crippen LogP contribution in [0, 0.1) is 0 Å². The predicted molar refractivity (Wildman–Crippen MR) is 122 cm³/mol. The summed E-state index contributed by atoms with van der Waals surface area (Å²) in [6.07, 6.45) is 0. The topological polar surface area (TPSA) is 15.3 Å². The second-order valence-corrected chi connectivity index (χ2v) is 9.41. The van der Waals surface area contributed by atoms with Gasteiger partial charge in [0.2, 0.25) is 0 Å². The number of anilines is 3. The van der Waals surface area contributed by atoms with E-state index in [1.54, 1.807) is 0 Å². The second kappa shape index (κ2) is 7.71. The molecule has 0 heterocycles. The van der Waals surface area contributed by atoms with Crippen LogP contribution in [-0.4, -0.2) is 0 Å². The normalized spacial score (nSPS) is 11.9. The lowest BCUT2D eigenvalue weighted by Gasteiger charge is -2.29. The Hall–Kier alpha value is -2.74. The molecule has 0 spiro atoms. The van der Waals surface area contributed by atoms with E-state index in [1.807, 2.05) is 18.2 Å². The van der Waals surface area contributed by atoms with Gasteiger partial charge in [-0.25, -0.2) is 0 Å². The van der Waals surface area contributed by atoms with E-state index in [2.05, 4.69) is 113 Å². The molecule has 0 amide bonds. The van der Waals surface area contributed by atoms with Gasteiger partial charge in [0.05, 0.1) is 17.1 Å². The Balaban J connectivity index is 1.98. The number of rotatable bonds is 4. The Morgan fingerprint density at radius 2 is 0.929 bits per heavy atom. The van der Waals surface area contributed by atoms with Crippen molar-refractivity contribution >= 4 is 17.1 Å². The van der Waals surface area contributed by atoms with Crippen molar-refractivity contribution in [2.75, 3.05) is 10.4 Å². The molecule has 0 saturated carbocycles. The molecule has 0 aliphatic carbocycles. The van der Waals surface area contributed by atoms with Crippen LogP contribution in [0.2, 0.25) is 0 Å². The van der Waals surface area contributed by atoms with Gasteiger partial charge in [0.15, 0.2) is 0 Å². The van der Waals surface area contributed by atoms with Gasteiger partial charge >= 0.3 is 0 Å². The molecular weight excluding hydrogens is 340 g/mol. The quantitative estimate of drug-likeness (QED) is 0.478. The Morgan fingerprint density at radius 3 is 1.29 bits per heavy atom. The maximum Gasteiger partial charge on any atom is 0.0630 e. The molecule has 28 heavy (non-hydrogen) atoms. The summed E-state index contributed by atoms with van der Waals surface area (Å²) >= 11 is 0. The first kappa shape index (κ1) is 20.0. The second-order valence-electron chi connectivity index (χ2n) is 9.41. The van der Waals surface area contributed by atoms with Crippen molar-refractivity contribution in [1.82, 2.24) is 0 Å². The molecule has 0 atom stereocenters. The number of para-hydroxylation sites is 1. The maximum absolute atomic E-state index is 3.56. The monoisotopic (exact) mass is 372 g/mol.